The van der Waals surface area contributed by atoms with E-state index in [0.717, 1.165) is 17.0 Å². The van der Waals surface area contributed by atoms with Crippen molar-refractivity contribution in [3.05, 3.63) is 64.3 Å². The maximum absolute atomic E-state index is 6.17. The third-order valence-electron chi connectivity index (χ3n) is 3.47. The number of methoxy groups -OCH3 is 1. The fourth-order valence-electron chi connectivity index (χ4n) is 2.28. The second kappa shape index (κ2) is 7.59. The first kappa shape index (κ1) is 17.3. The van der Waals surface area contributed by atoms with E-state index in [2.05, 4.69) is 20.6 Å². The van der Waals surface area contributed by atoms with Crippen LogP contribution in [0.5, 0.6) is 5.75 Å². The van der Waals surface area contributed by atoms with Gasteiger partial charge in [-0.1, -0.05) is 35.3 Å². The van der Waals surface area contributed by atoms with Gasteiger partial charge in [-0.05, 0) is 42.8 Å². The first-order chi connectivity index (χ1) is 12.1. The average molecular weight is 375 g/mol. The van der Waals surface area contributed by atoms with E-state index < -0.39 is 0 Å². The van der Waals surface area contributed by atoms with Gasteiger partial charge in [-0.3, -0.25) is 0 Å². The molecule has 0 amide bonds. The summed E-state index contributed by atoms with van der Waals surface area (Å²) in [5.74, 6) is 1.73. The fraction of sp³-hybridized carbons (Fsp3) is 0.111. The molecule has 0 saturated heterocycles. The number of aromatic nitrogens is 2. The number of aryl methyl sites for hydroxylation is 1. The lowest BCUT2D eigenvalue weighted by molar-refractivity contribution is 0.416. The van der Waals surface area contributed by atoms with Gasteiger partial charge >= 0.3 is 0 Å². The molecule has 7 heteroatoms. The molecule has 0 atom stereocenters. The summed E-state index contributed by atoms with van der Waals surface area (Å²) in [6.07, 6.45) is 1.64. The van der Waals surface area contributed by atoms with Crippen LogP contribution in [0.2, 0.25) is 10.0 Å². The van der Waals surface area contributed by atoms with Crippen LogP contribution < -0.4 is 15.4 Å². The SMILES string of the molecule is COc1ccc(C)cc1Nc1ccnc(Nc2c(Cl)cccc2Cl)n1. The highest BCUT2D eigenvalue weighted by molar-refractivity contribution is 6.39. The highest BCUT2D eigenvalue weighted by Gasteiger charge is 2.09. The van der Waals surface area contributed by atoms with E-state index in [-0.39, 0.29) is 0 Å². The zero-order valence-corrected chi connectivity index (χ0v) is 15.2. The van der Waals surface area contributed by atoms with Crippen molar-refractivity contribution in [3.8, 4) is 5.75 Å². The summed E-state index contributed by atoms with van der Waals surface area (Å²) in [5.41, 5.74) is 2.50. The molecule has 3 aromatic rings. The van der Waals surface area contributed by atoms with Gasteiger partial charge in [0.1, 0.15) is 11.6 Å². The van der Waals surface area contributed by atoms with Crippen molar-refractivity contribution in [1.29, 1.82) is 0 Å². The number of benzene rings is 2. The van der Waals surface area contributed by atoms with Gasteiger partial charge in [0, 0.05) is 6.20 Å². The molecule has 1 aromatic heterocycles. The number of para-hydroxylation sites is 1. The molecule has 128 valence electrons. The topological polar surface area (TPSA) is 59.1 Å². The van der Waals surface area contributed by atoms with Gasteiger partial charge in [-0.15, -0.1) is 0 Å². The van der Waals surface area contributed by atoms with Gasteiger partial charge in [-0.2, -0.15) is 4.98 Å². The van der Waals surface area contributed by atoms with Crippen LogP contribution in [0.15, 0.2) is 48.7 Å². The van der Waals surface area contributed by atoms with Crippen molar-refractivity contribution in [2.45, 2.75) is 6.92 Å². The van der Waals surface area contributed by atoms with Crippen LogP contribution in [0.25, 0.3) is 0 Å². The largest absolute Gasteiger partial charge is 0.495 e. The van der Waals surface area contributed by atoms with Crippen LogP contribution in [0.1, 0.15) is 5.56 Å². The predicted molar refractivity (Wildman–Crippen MR) is 103 cm³/mol. The Balaban J connectivity index is 1.86. The molecule has 2 aromatic carbocycles. The Hall–Kier alpha value is -2.50. The summed E-state index contributed by atoms with van der Waals surface area (Å²) >= 11 is 12.3. The molecule has 0 saturated carbocycles. The summed E-state index contributed by atoms with van der Waals surface area (Å²) in [5, 5.41) is 7.28. The van der Waals surface area contributed by atoms with Crippen molar-refractivity contribution >= 4 is 46.3 Å². The molecule has 0 aliphatic heterocycles. The van der Waals surface area contributed by atoms with Gasteiger partial charge in [0.15, 0.2) is 0 Å². The molecule has 0 aliphatic carbocycles. The van der Waals surface area contributed by atoms with Crippen LogP contribution in [-0.2, 0) is 0 Å². The molecule has 0 spiro atoms. The van der Waals surface area contributed by atoms with Gasteiger partial charge in [0.25, 0.3) is 0 Å². The van der Waals surface area contributed by atoms with Gasteiger partial charge < -0.3 is 15.4 Å². The standard InChI is InChI=1S/C18H16Cl2N4O/c1-11-6-7-15(25-2)14(10-11)22-16-8-9-21-18(23-16)24-17-12(19)4-3-5-13(17)20/h3-10H,1-2H3,(H2,21,22,23,24). The monoisotopic (exact) mass is 374 g/mol. The smallest absolute Gasteiger partial charge is 0.229 e. The molecule has 3 rings (SSSR count). The average Bonchev–Trinajstić information content (AvgIpc) is 2.59. The molecular weight excluding hydrogens is 359 g/mol. The van der Waals surface area contributed by atoms with Crippen LogP contribution in [-0.4, -0.2) is 17.1 Å². The van der Waals surface area contributed by atoms with Crippen molar-refractivity contribution in [2.24, 2.45) is 0 Å². The highest BCUT2D eigenvalue weighted by Crippen LogP contribution is 2.32. The Labute approximate surface area is 156 Å². The van der Waals surface area contributed by atoms with E-state index in [1.54, 1.807) is 37.6 Å². The zero-order chi connectivity index (χ0) is 17.8. The first-order valence-corrected chi connectivity index (χ1v) is 8.28. The van der Waals surface area contributed by atoms with Crippen molar-refractivity contribution in [2.75, 3.05) is 17.7 Å². The molecule has 5 nitrogen and oxygen atoms in total. The normalized spacial score (nSPS) is 10.4. The fourth-order valence-corrected chi connectivity index (χ4v) is 2.77. The third-order valence-corrected chi connectivity index (χ3v) is 4.10. The summed E-state index contributed by atoms with van der Waals surface area (Å²) in [7, 11) is 1.63. The Kier molecular flexibility index (Phi) is 5.26. The Morgan fingerprint density at radius 1 is 1.00 bits per heavy atom. The van der Waals surface area contributed by atoms with E-state index >= 15 is 0 Å². The Bertz CT molecular complexity index is 882. The summed E-state index contributed by atoms with van der Waals surface area (Å²) in [6.45, 7) is 2.01. The van der Waals surface area contributed by atoms with Crippen molar-refractivity contribution in [1.82, 2.24) is 9.97 Å². The molecule has 0 radical (unpaired) electrons. The molecule has 0 aliphatic rings. The van der Waals surface area contributed by atoms with E-state index in [0.29, 0.717) is 27.5 Å². The number of rotatable bonds is 5. The van der Waals surface area contributed by atoms with Crippen molar-refractivity contribution in [3.63, 3.8) is 0 Å². The minimum atomic E-state index is 0.381. The number of nitrogens with one attached hydrogen (secondary N) is 2. The molecule has 2 N–H and O–H groups in total. The number of hydrogen-bond acceptors (Lipinski definition) is 5. The maximum atomic E-state index is 6.17. The zero-order valence-electron chi connectivity index (χ0n) is 13.7. The van der Waals surface area contributed by atoms with Crippen LogP contribution >= 0.6 is 23.2 Å². The van der Waals surface area contributed by atoms with E-state index in [9.17, 15) is 0 Å². The third kappa shape index (κ3) is 4.13. The number of halogens is 2. The van der Waals surface area contributed by atoms with Gasteiger partial charge in [0.2, 0.25) is 5.95 Å². The Morgan fingerprint density at radius 3 is 2.48 bits per heavy atom. The van der Waals surface area contributed by atoms with Crippen molar-refractivity contribution < 1.29 is 4.74 Å². The highest BCUT2D eigenvalue weighted by atomic mass is 35.5. The lowest BCUT2D eigenvalue weighted by Gasteiger charge is -2.13. The maximum Gasteiger partial charge on any atom is 0.229 e. The predicted octanol–water partition coefficient (Wildman–Crippen LogP) is 5.59. The van der Waals surface area contributed by atoms with Gasteiger partial charge in [-0.25, -0.2) is 4.98 Å². The molecule has 0 fully saturated rings. The summed E-state index contributed by atoms with van der Waals surface area (Å²) < 4.78 is 5.37. The second-order valence-electron chi connectivity index (χ2n) is 5.32. The minimum Gasteiger partial charge on any atom is -0.495 e. The molecule has 25 heavy (non-hydrogen) atoms. The number of ether oxygens (including phenoxy) is 1. The van der Waals surface area contributed by atoms with E-state index in [1.807, 2.05) is 25.1 Å². The lowest BCUT2D eigenvalue weighted by Crippen LogP contribution is -2.02. The second-order valence-corrected chi connectivity index (χ2v) is 6.13. The summed E-state index contributed by atoms with van der Waals surface area (Å²) in [6, 6.07) is 12.9. The molecule has 0 unspecified atom stereocenters. The number of anilines is 4. The van der Waals surface area contributed by atoms with Crippen LogP contribution in [0.3, 0.4) is 0 Å². The van der Waals surface area contributed by atoms with E-state index in [1.165, 1.54) is 0 Å². The lowest BCUT2D eigenvalue weighted by atomic mass is 10.2. The van der Waals surface area contributed by atoms with Gasteiger partial charge in [0.05, 0.1) is 28.5 Å². The molecule has 0 bridgehead atoms. The number of nitrogens with zero attached hydrogens (tertiary/aromatic N) is 2. The van der Waals surface area contributed by atoms with Crippen LogP contribution in [0, 0.1) is 6.92 Å². The van der Waals surface area contributed by atoms with Crippen LogP contribution in [0.4, 0.5) is 23.1 Å². The molecule has 1 heterocycles. The number of hydrogen-bond donors (Lipinski definition) is 2. The molecular formula is C18H16Cl2N4O. The van der Waals surface area contributed by atoms with E-state index in [4.69, 9.17) is 27.9 Å². The first-order valence-electron chi connectivity index (χ1n) is 7.52. The quantitative estimate of drug-likeness (QED) is 0.609. The Morgan fingerprint density at radius 2 is 1.76 bits per heavy atom. The summed E-state index contributed by atoms with van der Waals surface area (Å²) in [4.78, 5) is 8.65. The minimum absolute atomic E-state index is 0.381.